The lowest BCUT2D eigenvalue weighted by Crippen LogP contribution is -2.54. The van der Waals surface area contributed by atoms with E-state index in [0.29, 0.717) is 23.9 Å². The molecule has 1 aliphatic carbocycles. The minimum absolute atomic E-state index is 0.0380. The number of ether oxygens (including phenoxy) is 2. The van der Waals surface area contributed by atoms with Crippen molar-refractivity contribution in [2.75, 3.05) is 5.32 Å². The highest BCUT2D eigenvalue weighted by Gasteiger charge is 2.45. The lowest BCUT2D eigenvalue weighted by atomic mass is 9.78. The van der Waals surface area contributed by atoms with Gasteiger partial charge in [-0.2, -0.15) is 0 Å². The molecule has 1 saturated carbocycles. The maximum absolute atomic E-state index is 13.2. The molecule has 13 heteroatoms. The molecule has 2 aliphatic heterocycles. The first-order chi connectivity index (χ1) is 25.6. The molecule has 1 unspecified atom stereocenters. The molecule has 53 heavy (non-hydrogen) atoms. The average Bonchev–Trinajstić information content (AvgIpc) is 3.77. The van der Waals surface area contributed by atoms with Gasteiger partial charge in [-0.05, 0) is 72.1 Å². The van der Waals surface area contributed by atoms with Crippen molar-refractivity contribution in [2.24, 2.45) is 0 Å². The summed E-state index contributed by atoms with van der Waals surface area (Å²) in [5.41, 5.74) is 4.60. The average molecular weight is 713 g/mol. The molecule has 4 amide bonds. The van der Waals surface area contributed by atoms with Gasteiger partial charge in [0.05, 0.1) is 16.8 Å². The van der Waals surface area contributed by atoms with Crippen LogP contribution >= 0.6 is 0 Å². The van der Waals surface area contributed by atoms with E-state index in [-0.39, 0.29) is 41.5 Å². The van der Waals surface area contributed by atoms with Crippen molar-refractivity contribution in [1.29, 1.82) is 0 Å². The normalized spacial score (nSPS) is 19.7. The molecule has 1 saturated heterocycles. The maximum Gasteiger partial charge on any atom is 0.266 e. The second kappa shape index (κ2) is 13.6. The Morgan fingerprint density at radius 3 is 2.30 bits per heavy atom. The minimum Gasteiger partial charge on any atom is -0.490 e. The van der Waals surface area contributed by atoms with Gasteiger partial charge in [0, 0.05) is 36.4 Å². The zero-order valence-corrected chi connectivity index (χ0v) is 29.1. The number of nitrogens with zero attached hydrogens (tertiary/aromatic N) is 4. The number of carbonyl (C=O) groups is 4. The third kappa shape index (κ3) is 6.73. The third-order valence-electron chi connectivity index (χ3n) is 10.1. The molecule has 3 aliphatic rings. The summed E-state index contributed by atoms with van der Waals surface area (Å²) in [5.74, 6) is -0.174. The Morgan fingerprint density at radius 1 is 0.887 bits per heavy atom. The molecular weight excluding hydrogens is 676 g/mol. The van der Waals surface area contributed by atoms with Gasteiger partial charge in [0.2, 0.25) is 18.2 Å². The fraction of sp³-hybridized carbons (Fsp3) is 0.275. The number of hydrogen-bond acceptors (Lipinski definition) is 11. The number of piperidine rings is 1. The van der Waals surface area contributed by atoms with Gasteiger partial charge in [0.25, 0.3) is 17.7 Å². The van der Waals surface area contributed by atoms with Crippen LogP contribution in [-0.2, 0) is 21.6 Å². The quantitative estimate of drug-likeness (QED) is 0.167. The number of imide groups is 2. The van der Waals surface area contributed by atoms with Crippen LogP contribution in [0.3, 0.4) is 0 Å². The van der Waals surface area contributed by atoms with Crippen LogP contribution < -0.4 is 20.1 Å². The predicted octanol–water partition coefficient (Wildman–Crippen LogP) is 5.46. The molecule has 3 aromatic carbocycles. The first kappa shape index (κ1) is 33.8. The van der Waals surface area contributed by atoms with E-state index in [4.69, 9.17) is 13.9 Å². The number of pyridine rings is 1. The lowest BCUT2D eigenvalue weighted by Gasteiger charge is -2.36. The van der Waals surface area contributed by atoms with Gasteiger partial charge in [0.15, 0.2) is 0 Å². The van der Waals surface area contributed by atoms with Crippen molar-refractivity contribution >= 4 is 29.3 Å². The standard InChI is InChI=1S/C40H36N6O7/c1-40(2,23-6-11-28(12-7-23)51-21-26-4-3-5-33(43-26)37-45-41-22-52-37)24-8-13-29(14-9-24)53-30-18-27(19-30)42-25-10-15-31-32(20-25)39(50)46(38(31)49)34-16-17-35(47)44-36(34)48/h3-15,20,22,27,30,34,42H,16-19,21H2,1-2H3,(H,44,47,48)/t27-,30-,34?. The van der Waals surface area contributed by atoms with Crippen molar-refractivity contribution in [3.8, 4) is 23.1 Å². The monoisotopic (exact) mass is 712 g/mol. The summed E-state index contributed by atoms with van der Waals surface area (Å²) in [4.78, 5) is 55.6. The molecule has 0 radical (unpaired) electrons. The van der Waals surface area contributed by atoms with Crippen molar-refractivity contribution in [3.63, 3.8) is 0 Å². The number of benzene rings is 3. The summed E-state index contributed by atoms with van der Waals surface area (Å²) >= 11 is 0. The van der Waals surface area contributed by atoms with Crippen LogP contribution in [0.4, 0.5) is 5.69 Å². The van der Waals surface area contributed by atoms with E-state index >= 15 is 0 Å². The van der Waals surface area contributed by atoms with Crippen LogP contribution in [-0.4, -0.2) is 61.9 Å². The topological polar surface area (TPSA) is 166 Å². The van der Waals surface area contributed by atoms with Gasteiger partial charge in [0.1, 0.15) is 35.9 Å². The summed E-state index contributed by atoms with van der Waals surface area (Å²) in [6, 6.07) is 26.0. The van der Waals surface area contributed by atoms with Gasteiger partial charge in [-0.1, -0.05) is 44.2 Å². The van der Waals surface area contributed by atoms with Crippen molar-refractivity contribution < 1.29 is 33.1 Å². The van der Waals surface area contributed by atoms with Crippen LogP contribution in [0.2, 0.25) is 0 Å². The number of nitrogens with one attached hydrogen (secondary N) is 2. The number of hydrogen-bond donors (Lipinski definition) is 2. The molecule has 0 bridgehead atoms. The van der Waals surface area contributed by atoms with E-state index in [1.54, 1.807) is 18.2 Å². The van der Waals surface area contributed by atoms with Gasteiger partial charge in [-0.15, -0.1) is 10.2 Å². The van der Waals surface area contributed by atoms with E-state index in [9.17, 15) is 19.2 Å². The Labute approximate surface area is 304 Å². The van der Waals surface area contributed by atoms with E-state index in [1.807, 2.05) is 42.5 Å². The SMILES string of the molecule is CC(C)(c1ccc(OCc2cccc(-c3nnco3)n2)cc1)c1ccc(O[C@H]2C[C@H](Nc3ccc4c(c3)C(=O)N(C3CCC(=O)NC3=O)C4=O)C2)cc1. The molecule has 2 N–H and O–H groups in total. The number of rotatable bonds is 11. The van der Waals surface area contributed by atoms with Crippen LogP contribution in [0, 0.1) is 0 Å². The van der Waals surface area contributed by atoms with E-state index in [1.165, 1.54) is 6.39 Å². The highest BCUT2D eigenvalue weighted by Crippen LogP contribution is 2.36. The Bertz CT molecular complexity index is 2200. The first-order valence-corrected chi connectivity index (χ1v) is 17.5. The molecule has 1 atom stereocenters. The number of aromatic nitrogens is 3. The van der Waals surface area contributed by atoms with Crippen LogP contribution in [0.1, 0.15) is 77.1 Å². The van der Waals surface area contributed by atoms with Crippen molar-refractivity contribution in [1.82, 2.24) is 25.4 Å². The highest BCUT2D eigenvalue weighted by atomic mass is 16.5. The molecule has 8 rings (SSSR count). The largest absolute Gasteiger partial charge is 0.490 e. The van der Waals surface area contributed by atoms with Crippen molar-refractivity contribution in [2.45, 2.75) is 69.7 Å². The van der Waals surface area contributed by atoms with E-state index in [0.717, 1.165) is 46.1 Å². The predicted molar refractivity (Wildman–Crippen MR) is 191 cm³/mol. The van der Waals surface area contributed by atoms with Gasteiger partial charge in [-0.3, -0.25) is 29.4 Å². The fourth-order valence-electron chi connectivity index (χ4n) is 6.97. The Morgan fingerprint density at radius 2 is 1.60 bits per heavy atom. The Hall–Kier alpha value is -6.37. The number of anilines is 1. The molecule has 2 aromatic heterocycles. The zero-order valence-electron chi connectivity index (χ0n) is 29.1. The van der Waals surface area contributed by atoms with Crippen LogP contribution in [0.25, 0.3) is 11.6 Å². The summed E-state index contributed by atoms with van der Waals surface area (Å²) in [6.07, 6.45) is 3.06. The number of amides is 4. The van der Waals surface area contributed by atoms with Crippen LogP contribution in [0.5, 0.6) is 11.5 Å². The molecular formula is C40H36N6O7. The summed E-state index contributed by atoms with van der Waals surface area (Å²) in [6.45, 7) is 4.67. The summed E-state index contributed by atoms with van der Waals surface area (Å²) in [5, 5.41) is 13.3. The molecule has 2 fully saturated rings. The van der Waals surface area contributed by atoms with Gasteiger partial charge < -0.3 is 19.2 Å². The van der Waals surface area contributed by atoms with Gasteiger partial charge >= 0.3 is 0 Å². The van der Waals surface area contributed by atoms with E-state index in [2.05, 4.69) is 63.9 Å². The molecule has 0 spiro atoms. The fourth-order valence-corrected chi connectivity index (χ4v) is 6.97. The summed E-state index contributed by atoms with van der Waals surface area (Å²) in [7, 11) is 0. The first-order valence-electron chi connectivity index (χ1n) is 17.5. The number of fused-ring (bicyclic) bond motifs is 1. The molecule has 13 nitrogen and oxygen atoms in total. The maximum atomic E-state index is 13.2. The third-order valence-corrected chi connectivity index (χ3v) is 10.1. The summed E-state index contributed by atoms with van der Waals surface area (Å²) < 4.78 is 17.5. The second-order valence-electron chi connectivity index (χ2n) is 14.0. The lowest BCUT2D eigenvalue weighted by molar-refractivity contribution is -0.136. The molecule has 268 valence electrons. The number of carbonyl (C=O) groups excluding carboxylic acids is 4. The zero-order chi connectivity index (χ0) is 36.7. The second-order valence-corrected chi connectivity index (χ2v) is 14.0. The smallest absolute Gasteiger partial charge is 0.266 e. The van der Waals surface area contributed by atoms with Gasteiger partial charge in [-0.25, -0.2) is 4.98 Å². The highest BCUT2D eigenvalue weighted by molar-refractivity contribution is 6.23. The van der Waals surface area contributed by atoms with Crippen molar-refractivity contribution in [3.05, 3.63) is 119 Å². The Balaban J connectivity index is 0.823. The van der Waals surface area contributed by atoms with Crippen LogP contribution in [0.15, 0.2) is 95.7 Å². The molecule has 5 aromatic rings. The Kier molecular flexibility index (Phi) is 8.69. The minimum atomic E-state index is -0.988. The van der Waals surface area contributed by atoms with E-state index < -0.39 is 29.7 Å². The molecule has 4 heterocycles.